The first kappa shape index (κ1) is 18.1. The average molecular weight is 377 g/mol. The van der Waals surface area contributed by atoms with Gasteiger partial charge >= 0.3 is 0 Å². The number of hydrogen-bond acceptors (Lipinski definition) is 4. The highest BCUT2D eigenvalue weighted by molar-refractivity contribution is 6.00. The first-order valence-electron chi connectivity index (χ1n) is 9.56. The van der Waals surface area contributed by atoms with E-state index in [-0.39, 0.29) is 17.7 Å². The molecule has 0 unspecified atom stereocenters. The van der Waals surface area contributed by atoms with Crippen molar-refractivity contribution in [3.8, 4) is 22.8 Å². The highest BCUT2D eigenvalue weighted by atomic mass is 16.5. The Morgan fingerprint density at radius 2 is 2.00 bits per heavy atom. The number of para-hydroxylation sites is 1. The van der Waals surface area contributed by atoms with Gasteiger partial charge in [0.1, 0.15) is 22.9 Å². The summed E-state index contributed by atoms with van der Waals surface area (Å²) < 4.78 is 5.79. The summed E-state index contributed by atoms with van der Waals surface area (Å²) in [5, 5.41) is 17.6. The average Bonchev–Trinajstić information content (AvgIpc) is 3.25. The molecule has 3 aromatic rings. The lowest BCUT2D eigenvalue weighted by Gasteiger charge is -2.25. The third kappa shape index (κ3) is 2.91. The number of hydrogen-bond donors (Lipinski definition) is 2. The summed E-state index contributed by atoms with van der Waals surface area (Å²) >= 11 is 0. The Balaban J connectivity index is 1.85. The summed E-state index contributed by atoms with van der Waals surface area (Å²) in [7, 11) is 0. The summed E-state index contributed by atoms with van der Waals surface area (Å²) in [4.78, 5) is 14.8. The second-order valence-corrected chi connectivity index (χ2v) is 6.79. The van der Waals surface area contributed by atoms with E-state index in [2.05, 4.69) is 17.1 Å². The quantitative estimate of drug-likeness (QED) is 0.677. The van der Waals surface area contributed by atoms with E-state index in [1.165, 1.54) is 0 Å². The van der Waals surface area contributed by atoms with Gasteiger partial charge in [-0.15, -0.1) is 0 Å². The molecular weight excluding hydrogens is 354 g/mol. The van der Waals surface area contributed by atoms with Crippen molar-refractivity contribution < 1.29 is 14.6 Å². The van der Waals surface area contributed by atoms with Gasteiger partial charge in [-0.05, 0) is 43.2 Å². The lowest BCUT2D eigenvalue weighted by atomic mass is 9.95. The minimum absolute atomic E-state index is 0.0865. The highest BCUT2D eigenvalue weighted by Gasteiger charge is 2.41. The van der Waals surface area contributed by atoms with E-state index < -0.39 is 0 Å². The Morgan fingerprint density at radius 1 is 1.18 bits per heavy atom. The number of phenols is 1. The van der Waals surface area contributed by atoms with Gasteiger partial charge in [0.05, 0.1) is 12.6 Å². The molecule has 2 aromatic carbocycles. The Morgan fingerprint density at radius 3 is 2.75 bits per heavy atom. The van der Waals surface area contributed by atoms with Gasteiger partial charge in [-0.2, -0.15) is 5.10 Å². The maximum Gasteiger partial charge on any atom is 0.273 e. The van der Waals surface area contributed by atoms with Crippen molar-refractivity contribution in [2.75, 3.05) is 13.2 Å². The van der Waals surface area contributed by atoms with Crippen molar-refractivity contribution in [1.82, 2.24) is 15.1 Å². The number of ether oxygens (including phenoxy) is 1. The first-order valence-corrected chi connectivity index (χ1v) is 9.56. The smallest absolute Gasteiger partial charge is 0.273 e. The number of aromatic hydroxyl groups is 1. The summed E-state index contributed by atoms with van der Waals surface area (Å²) in [5.74, 6) is 0.832. The van der Waals surface area contributed by atoms with E-state index in [9.17, 15) is 9.90 Å². The number of phenolic OH excluding ortho intramolecular Hbond substituents is 1. The van der Waals surface area contributed by atoms with Gasteiger partial charge in [-0.1, -0.05) is 31.2 Å². The zero-order valence-electron chi connectivity index (χ0n) is 16.0. The molecule has 0 aliphatic carbocycles. The zero-order valence-corrected chi connectivity index (χ0v) is 16.0. The summed E-state index contributed by atoms with van der Waals surface area (Å²) in [6.45, 7) is 5.23. The molecule has 2 heterocycles. The van der Waals surface area contributed by atoms with Gasteiger partial charge in [0, 0.05) is 17.7 Å². The summed E-state index contributed by atoms with van der Waals surface area (Å²) in [6.07, 6.45) is 0.927. The molecule has 2 N–H and O–H groups in total. The molecular formula is C22H23N3O3. The zero-order chi connectivity index (χ0) is 19.7. The van der Waals surface area contributed by atoms with E-state index in [1.54, 1.807) is 12.1 Å². The van der Waals surface area contributed by atoms with Crippen molar-refractivity contribution in [1.29, 1.82) is 0 Å². The maximum atomic E-state index is 13.0. The fourth-order valence-electron chi connectivity index (χ4n) is 3.74. The topological polar surface area (TPSA) is 78.5 Å². The minimum Gasteiger partial charge on any atom is -0.507 e. The number of nitrogens with zero attached hydrogens (tertiary/aromatic N) is 2. The van der Waals surface area contributed by atoms with Crippen LogP contribution in [0.3, 0.4) is 0 Å². The number of carbonyl (C=O) groups excluding carboxylic acids is 1. The summed E-state index contributed by atoms with van der Waals surface area (Å²) in [6, 6.07) is 14.6. The van der Waals surface area contributed by atoms with Crippen molar-refractivity contribution in [3.05, 3.63) is 65.4 Å². The molecule has 6 nitrogen and oxygen atoms in total. The van der Waals surface area contributed by atoms with Crippen molar-refractivity contribution in [2.24, 2.45) is 0 Å². The van der Waals surface area contributed by atoms with E-state index >= 15 is 0 Å². The van der Waals surface area contributed by atoms with Gasteiger partial charge in [-0.3, -0.25) is 9.89 Å². The van der Waals surface area contributed by atoms with E-state index in [0.717, 1.165) is 23.3 Å². The maximum absolute atomic E-state index is 13.0. The number of fused-ring (bicyclic) bond motifs is 1. The molecule has 0 fully saturated rings. The monoisotopic (exact) mass is 377 g/mol. The number of amides is 1. The molecule has 1 atom stereocenters. The van der Waals surface area contributed by atoms with E-state index in [1.807, 2.05) is 48.2 Å². The van der Waals surface area contributed by atoms with Gasteiger partial charge in [-0.25, -0.2) is 0 Å². The number of H-pyrrole nitrogens is 1. The van der Waals surface area contributed by atoms with Crippen LogP contribution in [0, 0.1) is 0 Å². The van der Waals surface area contributed by atoms with Crippen LogP contribution in [0.5, 0.6) is 11.5 Å². The fourth-order valence-corrected chi connectivity index (χ4v) is 3.74. The standard InChI is InChI=1S/C22H23N3O3/c1-3-12-28-15-9-7-8-14(13-15)21-18-19(16-10-5-6-11-17(16)26)23-24-20(18)22(27)25(21)4-2/h5-11,13,21,26H,3-4,12H2,1-2H3,(H,23,24)/t21-/m1/s1. The molecule has 1 aliphatic rings. The lowest BCUT2D eigenvalue weighted by Crippen LogP contribution is -2.29. The number of aromatic amines is 1. The number of benzene rings is 2. The van der Waals surface area contributed by atoms with Crippen molar-refractivity contribution in [2.45, 2.75) is 26.3 Å². The third-order valence-electron chi connectivity index (χ3n) is 5.01. The molecule has 0 saturated carbocycles. The van der Waals surface area contributed by atoms with Crippen LogP contribution < -0.4 is 4.74 Å². The molecule has 0 saturated heterocycles. The molecule has 4 rings (SSSR count). The molecule has 1 amide bonds. The third-order valence-corrected chi connectivity index (χ3v) is 5.01. The number of carbonyl (C=O) groups is 1. The van der Waals surface area contributed by atoms with Crippen molar-refractivity contribution >= 4 is 5.91 Å². The molecule has 28 heavy (non-hydrogen) atoms. The second-order valence-electron chi connectivity index (χ2n) is 6.79. The van der Waals surface area contributed by atoms with Crippen LogP contribution >= 0.6 is 0 Å². The van der Waals surface area contributed by atoms with E-state index in [4.69, 9.17) is 4.74 Å². The van der Waals surface area contributed by atoms with Gasteiger partial charge in [0.25, 0.3) is 5.91 Å². The molecule has 0 spiro atoms. The van der Waals surface area contributed by atoms with E-state index in [0.29, 0.717) is 30.1 Å². The van der Waals surface area contributed by atoms with Crippen LogP contribution in [0.4, 0.5) is 0 Å². The number of rotatable bonds is 6. The van der Waals surface area contributed by atoms with Crippen LogP contribution in [0.15, 0.2) is 48.5 Å². The predicted octanol–water partition coefficient (Wildman–Crippen LogP) is 4.14. The minimum atomic E-state index is -0.286. The van der Waals surface area contributed by atoms with Crippen LogP contribution in [0.2, 0.25) is 0 Å². The number of aromatic nitrogens is 2. The van der Waals surface area contributed by atoms with Gasteiger partial charge in [0.2, 0.25) is 0 Å². The van der Waals surface area contributed by atoms with Gasteiger partial charge in [0.15, 0.2) is 0 Å². The van der Waals surface area contributed by atoms with Crippen LogP contribution in [-0.2, 0) is 0 Å². The Bertz CT molecular complexity index is 1010. The SMILES string of the molecule is CCCOc1cccc([C@@H]2c3c(-c4ccccc4O)n[nH]c3C(=O)N2CC)c1. The Kier molecular flexibility index (Phi) is 4.77. The Labute approximate surface area is 163 Å². The highest BCUT2D eigenvalue weighted by Crippen LogP contribution is 2.44. The van der Waals surface area contributed by atoms with Crippen molar-refractivity contribution in [3.63, 3.8) is 0 Å². The number of nitrogens with one attached hydrogen (secondary N) is 1. The molecule has 6 heteroatoms. The molecule has 0 bridgehead atoms. The molecule has 0 radical (unpaired) electrons. The normalized spacial score (nSPS) is 15.7. The predicted molar refractivity (Wildman–Crippen MR) is 106 cm³/mol. The van der Waals surface area contributed by atoms with Crippen LogP contribution in [0.25, 0.3) is 11.3 Å². The second kappa shape index (κ2) is 7.38. The largest absolute Gasteiger partial charge is 0.507 e. The fraction of sp³-hybridized carbons (Fsp3) is 0.273. The molecule has 144 valence electrons. The van der Waals surface area contributed by atoms with Crippen LogP contribution in [0.1, 0.15) is 47.9 Å². The van der Waals surface area contributed by atoms with Crippen LogP contribution in [-0.4, -0.2) is 39.3 Å². The van der Waals surface area contributed by atoms with Gasteiger partial charge < -0.3 is 14.7 Å². The Hall–Kier alpha value is -3.28. The first-order chi connectivity index (χ1) is 13.7. The molecule has 1 aromatic heterocycles. The molecule has 1 aliphatic heterocycles. The lowest BCUT2D eigenvalue weighted by molar-refractivity contribution is 0.0753. The summed E-state index contributed by atoms with van der Waals surface area (Å²) in [5.41, 5.74) is 3.43.